The fourth-order valence-electron chi connectivity index (χ4n) is 3.21. The number of nitrogens with zero attached hydrogens (tertiary/aromatic N) is 3. The number of aromatic nitrogens is 3. The van der Waals surface area contributed by atoms with Crippen LogP contribution in [0.5, 0.6) is 0 Å². The summed E-state index contributed by atoms with van der Waals surface area (Å²) in [5.41, 5.74) is 3.42. The van der Waals surface area contributed by atoms with Crippen LogP contribution in [0.3, 0.4) is 0 Å². The van der Waals surface area contributed by atoms with Gasteiger partial charge in [0.1, 0.15) is 12.4 Å². The summed E-state index contributed by atoms with van der Waals surface area (Å²) in [5, 5.41) is 10.5. The first kappa shape index (κ1) is 17.5. The average Bonchev–Trinajstić information content (AvgIpc) is 3.14. The van der Waals surface area contributed by atoms with E-state index in [1.165, 1.54) is 6.33 Å². The number of carbonyl (C=O) groups is 1. The van der Waals surface area contributed by atoms with Crippen LogP contribution in [0.2, 0.25) is 0 Å². The lowest BCUT2D eigenvalue weighted by atomic mass is 9.95. The molecule has 7 heteroatoms. The molecule has 0 saturated heterocycles. The van der Waals surface area contributed by atoms with Crippen LogP contribution in [-0.2, 0) is 11.3 Å². The molecule has 0 spiro atoms. The number of hydrogen-bond acceptors (Lipinski definition) is 4. The molecular weight excluding hydrogens is 406 g/mol. The summed E-state index contributed by atoms with van der Waals surface area (Å²) in [6.07, 6.45) is 1.49. The van der Waals surface area contributed by atoms with Gasteiger partial charge in [0.15, 0.2) is 0 Å². The summed E-state index contributed by atoms with van der Waals surface area (Å²) in [5.74, 6) is 0.498. The Morgan fingerprint density at radius 2 is 1.93 bits per heavy atom. The third-order valence-electron chi connectivity index (χ3n) is 4.52. The summed E-state index contributed by atoms with van der Waals surface area (Å²) in [6.45, 7) is 2.36. The number of anilines is 1. The van der Waals surface area contributed by atoms with Crippen LogP contribution >= 0.6 is 15.9 Å². The van der Waals surface area contributed by atoms with Crippen molar-refractivity contribution >= 4 is 27.8 Å². The number of fused-ring (bicyclic) bond motifs is 1. The van der Waals surface area contributed by atoms with Crippen LogP contribution in [0.4, 0.5) is 5.95 Å². The molecule has 3 aromatic rings. The van der Waals surface area contributed by atoms with E-state index in [2.05, 4.69) is 36.6 Å². The zero-order valence-electron chi connectivity index (χ0n) is 14.7. The summed E-state index contributed by atoms with van der Waals surface area (Å²) in [7, 11) is 0. The van der Waals surface area contributed by atoms with Crippen molar-refractivity contribution in [2.45, 2.75) is 19.5 Å². The molecular formula is C20H18BrN5O. The standard InChI is InChI=1S/C20H18BrN5O/c1-13-17(19(27)22-11-14-5-3-2-4-6-14)18(15-7-9-16(21)10-8-15)26-20(25-13)23-12-24-26/h2-10,12,18H,11H2,1H3,(H,22,27)(H,23,24,25). The quantitative estimate of drug-likeness (QED) is 0.671. The smallest absolute Gasteiger partial charge is 0.251 e. The molecule has 2 aromatic carbocycles. The maximum Gasteiger partial charge on any atom is 0.251 e. The molecule has 2 N–H and O–H groups in total. The average molecular weight is 424 g/mol. The minimum atomic E-state index is -0.340. The molecule has 0 saturated carbocycles. The van der Waals surface area contributed by atoms with Crippen molar-refractivity contribution in [3.05, 3.63) is 87.8 Å². The van der Waals surface area contributed by atoms with Crippen molar-refractivity contribution in [3.63, 3.8) is 0 Å². The van der Waals surface area contributed by atoms with E-state index in [0.717, 1.165) is 21.3 Å². The van der Waals surface area contributed by atoms with E-state index in [-0.39, 0.29) is 11.9 Å². The van der Waals surface area contributed by atoms with Gasteiger partial charge in [0, 0.05) is 16.7 Å². The van der Waals surface area contributed by atoms with Crippen molar-refractivity contribution in [3.8, 4) is 0 Å². The molecule has 0 fully saturated rings. The molecule has 1 amide bonds. The second-order valence-corrected chi connectivity index (χ2v) is 7.23. The molecule has 0 radical (unpaired) electrons. The van der Waals surface area contributed by atoms with Gasteiger partial charge in [-0.3, -0.25) is 4.79 Å². The second kappa shape index (κ2) is 7.36. The highest BCUT2D eigenvalue weighted by Gasteiger charge is 2.33. The van der Waals surface area contributed by atoms with Gasteiger partial charge in [-0.05, 0) is 30.2 Å². The Kier molecular flexibility index (Phi) is 4.77. The van der Waals surface area contributed by atoms with Crippen molar-refractivity contribution < 1.29 is 4.79 Å². The van der Waals surface area contributed by atoms with Gasteiger partial charge in [-0.2, -0.15) is 10.1 Å². The molecule has 0 bridgehead atoms. The minimum Gasteiger partial charge on any atom is -0.348 e. The Bertz CT molecular complexity index is 995. The molecule has 2 heterocycles. The number of benzene rings is 2. The zero-order valence-corrected chi connectivity index (χ0v) is 16.3. The summed E-state index contributed by atoms with van der Waals surface area (Å²) < 4.78 is 2.72. The fraction of sp³-hybridized carbons (Fsp3) is 0.150. The van der Waals surface area contributed by atoms with E-state index in [4.69, 9.17) is 0 Å². The molecule has 6 nitrogen and oxygen atoms in total. The topological polar surface area (TPSA) is 71.8 Å². The van der Waals surface area contributed by atoms with E-state index in [1.807, 2.05) is 61.5 Å². The monoisotopic (exact) mass is 423 g/mol. The molecule has 1 unspecified atom stereocenters. The lowest BCUT2D eigenvalue weighted by molar-refractivity contribution is -0.118. The first-order chi connectivity index (χ1) is 13.1. The zero-order chi connectivity index (χ0) is 18.8. The molecule has 0 aliphatic carbocycles. The number of carbonyl (C=O) groups excluding carboxylic acids is 1. The highest BCUT2D eigenvalue weighted by atomic mass is 79.9. The number of halogens is 1. The highest BCUT2D eigenvalue weighted by Crippen LogP contribution is 2.35. The lowest BCUT2D eigenvalue weighted by Gasteiger charge is -2.28. The van der Waals surface area contributed by atoms with E-state index < -0.39 is 0 Å². The molecule has 1 aliphatic rings. The van der Waals surface area contributed by atoms with Crippen molar-refractivity contribution in [2.24, 2.45) is 0 Å². The van der Waals surface area contributed by atoms with Crippen LogP contribution < -0.4 is 10.6 Å². The van der Waals surface area contributed by atoms with E-state index in [0.29, 0.717) is 18.1 Å². The molecule has 4 rings (SSSR count). The van der Waals surface area contributed by atoms with Crippen LogP contribution in [-0.4, -0.2) is 20.7 Å². The third-order valence-corrected chi connectivity index (χ3v) is 5.05. The van der Waals surface area contributed by atoms with Crippen molar-refractivity contribution in [2.75, 3.05) is 5.32 Å². The Balaban J connectivity index is 1.67. The van der Waals surface area contributed by atoms with Crippen molar-refractivity contribution in [1.29, 1.82) is 0 Å². The van der Waals surface area contributed by atoms with Crippen LogP contribution in [0.25, 0.3) is 0 Å². The number of nitrogens with one attached hydrogen (secondary N) is 2. The SMILES string of the molecule is CC1=C(C(=O)NCc2ccccc2)C(c2ccc(Br)cc2)n2ncnc2N1. The summed E-state index contributed by atoms with van der Waals surface area (Å²) in [6, 6.07) is 17.4. The maximum atomic E-state index is 13.1. The largest absolute Gasteiger partial charge is 0.348 e. The van der Waals surface area contributed by atoms with E-state index in [1.54, 1.807) is 4.68 Å². The molecule has 1 atom stereocenters. The second-order valence-electron chi connectivity index (χ2n) is 6.31. The van der Waals surface area contributed by atoms with Crippen LogP contribution in [0, 0.1) is 0 Å². The number of allylic oxidation sites excluding steroid dienone is 1. The van der Waals surface area contributed by atoms with Gasteiger partial charge in [0.2, 0.25) is 5.95 Å². The van der Waals surface area contributed by atoms with Gasteiger partial charge in [-0.1, -0.05) is 58.4 Å². The molecule has 1 aromatic heterocycles. The van der Waals surface area contributed by atoms with E-state index >= 15 is 0 Å². The summed E-state index contributed by atoms with van der Waals surface area (Å²) in [4.78, 5) is 17.3. The van der Waals surface area contributed by atoms with Gasteiger partial charge < -0.3 is 10.6 Å². The van der Waals surface area contributed by atoms with Crippen LogP contribution in [0.1, 0.15) is 24.1 Å². The molecule has 1 aliphatic heterocycles. The molecule has 136 valence electrons. The summed E-state index contributed by atoms with van der Waals surface area (Å²) >= 11 is 3.46. The lowest BCUT2D eigenvalue weighted by Crippen LogP contribution is -2.34. The van der Waals surface area contributed by atoms with Gasteiger partial charge in [0.25, 0.3) is 5.91 Å². The number of rotatable bonds is 4. The first-order valence-corrected chi connectivity index (χ1v) is 9.37. The predicted molar refractivity (Wildman–Crippen MR) is 107 cm³/mol. The van der Waals surface area contributed by atoms with Crippen molar-refractivity contribution in [1.82, 2.24) is 20.1 Å². The Hall–Kier alpha value is -2.93. The van der Waals surface area contributed by atoms with Gasteiger partial charge >= 0.3 is 0 Å². The third kappa shape index (κ3) is 3.50. The van der Waals surface area contributed by atoms with E-state index in [9.17, 15) is 4.79 Å². The van der Waals surface area contributed by atoms with Gasteiger partial charge in [-0.25, -0.2) is 4.68 Å². The minimum absolute atomic E-state index is 0.127. The highest BCUT2D eigenvalue weighted by molar-refractivity contribution is 9.10. The first-order valence-electron chi connectivity index (χ1n) is 8.58. The van der Waals surface area contributed by atoms with Gasteiger partial charge in [-0.15, -0.1) is 0 Å². The Morgan fingerprint density at radius 1 is 1.19 bits per heavy atom. The van der Waals surface area contributed by atoms with Crippen LogP contribution in [0.15, 0.2) is 76.7 Å². The Labute approximate surface area is 165 Å². The molecule has 27 heavy (non-hydrogen) atoms. The fourth-order valence-corrected chi connectivity index (χ4v) is 3.48. The number of hydrogen-bond donors (Lipinski definition) is 2. The number of amides is 1. The maximum absolute atomic E-state index is 13.1. The van der Waals surface area contributed by atoms with Gasteiger partial charge in [0.05, 0.1) is 5.57 Å². The predicted octanol–water partition coefficient (Wildman–Crippen LogP) is 3.65. The normalized spacial score (nSPS) is 15.9. The Morgan fingerprint density at radius 3 is 2.67 bits per heavy atom.